The zero-order chi connectivity index (χ0) is 20.7. The molecule has 0 fully saturated rings. The molecule has 5 nitrogen and oxygen atoms in total. The highest BCUT2D eigenvalue weighted by Crippen LogP contribution is 2.42. The third-order valence-electron chi connectivity index (χ3n) is 4.70. The maximum atomic E-state index is 13.1. The van der Waals surface area contributed by atoms with Crippen LogP contribution in [0.15, 0.2) is 42.5 Å². The molecule has 3 aromatic rings. The lowest BCUT2D eigenvalue weighted by Gasteiger charge is -2.18. The summed E-state index contributed by atoms with van der Waals surface area (Å²) in [6.45, 7) is 0.454. The van der Waals surface area contributed by atoms with Crippen molar-refractivity contribution >= 4 is 52.1 Å². The maximum Gasteiger partial charge on any atom is 0.335 e. The molecule has 0 unspecified atom stereocenters. The van der Waals surface area contributed by atoms with Crippen LogP contribution in [-0.4, -0.2) is 30.6 Å². The van der Waals surface area contributed by atoms with E-state index in [0.29, 0.717) is 45.0 Å². The Labute approximate surface area is 181 Å². The molecule has 0 atom stereocenters. The number of fused-ring (bicyclic) bond motifs is 3. The Morgan fingerprint density at radius 2 is 1.93 bits per heavy atom. The van der Waals surface area contributed by atoms with E-state index in [2.05, 4.69) is 0 Å². The molecule has 2 aromatic carbocycles. The van der Waals surface area contributed by atoms with E-state index in [1.165, 1.54) is 22.3 Å². The minimum absolute atomic E-state index is 0.173. The Bertz CT molecular complexity index is 1140. The van der Waals surface area contributed by atoms with Gasteiger partial charge in [-0.15, -0.1) is 11.3 Å². The highest BCUT2D eigenvalue weighted by Gasteiger charge is 2.25. The number of rotatable bonds is 3. The first-order valence-corrected chi connectivity index (χ1v) is 10.3. The number of halogens is 2. The summed E-state index contributed by atoms with van der Waals surface area (Å²) in [7, 11) is 1.65. The first kappa shape index (κ1) is 19.8. The van der Waals surface area contributed by atoms with Crippen LogP contribution in [0.1, 0.15) is 25.6 Å². The van der Waals surface area contributed by atoms with Crippen LogP contribution in [0, 0.1) is 0 Å². The Kier molecular flexibility index (Phi) is 5.25. The lowest BCUT2D eigenvalue weighted by Crippen LogP contribution is -2.25. The fourth-order valence-electron chi connectivity index (χ4n) is 3.21. The van der Waals surface area contributed by atoms with Gasteiger partial charge in [0.25, 0.3) is 5.91 Å². The van der Waals surface area contributed by atoms with Crippen molar-refractivity contribution in [3.8, 4) is 16.2 Å². The van der Waals surface area contributed by atoms with Gasteiger partial charge in [-0.2, -0.15) is 0 Å². The average Bonchev–Trinajstić information content (AvgIpc) is 3.03. The van der Waals surface area contributed by atoms with Crippen LogP contribution in [0.4, 0.5) is 5.69 Å². The molecule has 1 aliphatic rings. The average molecular weight is 448 g/mol. The van der Waals surface area contributed by atoms with Gasteiger partial charge in [-0.3, -0.25) is 4.79 Å². The largest absolute Gasteiger partial charge is 0.493 e. The van der Waals surface area contributed by atoms with E-state index in [0.717, 1.165) is 10.4 Å². The van der Waals surface area contributed by atoms with Crippen LogP contribution in [-0.2, 0) is 6.42 Å². The Morgan fingerprint density at radius 1 is 1.14 bits per heavy atom. The zero-order valence-corrected chi connectivity index (χ0v) is 17.6. The van der Waals surface area contributed by atoms with Crippen LogP contribution in [0.5, 0.6) is 5.75 Å². The minimum atomic E-state index is -1.01. The summed E-state index contributed by atoms with van der Waals surface area (Å²) in [5.74, 6) is -0.601. The molecule has 0 saturated carbocycles. The first-order valence-electron chi connectivity index (χ1n) is 8.71. The van der Waals surface area contributed by atoms with Crippen LogP contribution >= 0.6 is 34.5 Å². The van der Waals surface area contributed by atoms with Crippen molar-refractivity contribution in [1.29, 1.82) is 0 Å². The van der Waals surface area contributed by atoms with E-state index in [-0.39, 0.29) is 11.5 Å². The summed E-state index contributed by atoms with van der Waals surface area (Å²) in [5.41, 5.74) is 2.37. The number of benzene rings is 2. The van der Waals surface area contributed by atoms with Crippen LogP contribution in [0.2, 0.25) is 10.0 Å². The summed E-state index contributed by atoms with van der Waals surface area (Å²) < 4.78 is 5.76. The minimum Gasteiger partial charge on any atom is -0.493 e. The van der Waals surface area contributed by atoms with Crippen molar-refractivity contribution < 1.29 is 19.4 Å². The van der Waals surface area contributed by atoms with Crippen molar-refractivity contribution in [1.82, 2.24) is 0 Å². The van der Waals surface area contributed by atoms with Crippen molar-refractivity contribution in [2.24, 2.45) is 0 Å². The van der Waals surface area contributed by atoms with E-state index < -0.39 is 5.97 Å². The highest BCUT2D eigenvalue weighted by molar-refractivity contribution is 7.17. The van der Waals surface area contributed by atoms with Crippen molar-refractivity contribution in [3.05, 3.63) is 68.5 Å². The number of hydrogen-bond donors (Lipinski definition) is 1. The molecule has 1 aromatic heterocycles. The summed E-state index contributed by atoms with van der Waals surface area (Å²) in [6, 6.07) is 11.6. The standard InChI is InChI=1S/C21H15Cl2NO4S/c1-24(16-4-3-13(22)10-15(16)23)20(25)18-9-11-6-7-28-17-5-2-12(21(26)27)8-14(17)19(11)29-18/h2-5,8-10H,6-7H2,1H3,(H,26,27). The second-order valence-electron chi connectivity index (χ2n) is 6.54. The molecule has 2 heterocycles. The monoisotopic (exact) mass is 447 g/mol. The topological polar surface area (TPSA) is 66.8 Å². The Hall–Kier alpha value is -2.54. The number of nitrogens with zero attached hydrogens (tertiary/aromatic N) is 1. The SMILES string of the molecule is CN(C(=O)c1cc2c(s1)-c1cc(C(=O)O)ccc1OCC2)c1ccc(Cl)cc1Cl. The van der Waals surface area contributed by atoms with Crippen molar-refractivity contribution in [3.63, 3.8) is 0 Å². The third kappa shape index (κ3) is 3.71. The van der Waals surface area contributed by atoms with Crippen molar-refractivity contribution in [2.45, 2.75) is 6.42 Å². The lowest BCUT2D eigenvalue weighted by molar-refractivity contribution is 0.0696. The molecule has 0 bridgehead atoms. The maximum absolute atomic E-state index is 13.1. The van der Waals surface area contributed by atoms with Gasteiger partial charge in [0.05, 0.1) is 27.8 Å². The number of thiophene rings is 1. The van der Waals surface area contributed by atoms with Gasteiger partial charge in [0.1, 0.15) is 5.75 Å². The van der Waals surface area contributed by atoms with Gasteiger partial charge in [0.2, 0.25) is 0 Å². The molecule has 0 saturated heterocycles. The Morgan fingerprint density at radius 3 is 2.66 bits per heavy atom. The Balaban J connectivity index is 1.74. The molecule has 0 spiro atoms. The number of anilines is 1. The summed E-state index contributed by atoms with van der Waals surface area (Å²) in [6.07, 6.45) is 0.627. The molecule has 148 valence electrons. The number of aromatic carboxylic acids is 1. The van der Waals surface area contributed by atoms with E-state index in [1.54, 1.807) is 37.4 Å². The predicted octanol–water partition coefficient (Wildman–Crippen LogP) is 5.63. The highest BCUT2D eigenvalue weighted by atomic mass is 35.5. The quantitative estimate of drug-likeness (QED) is 0.564. The third-order valence-corrected chi connectivity index (χ3v) is 6.43. The molecule has 1 aliphatic heterocycles. The molecule has 4 rings (SSSR count). The fourth-order valence-corrected chi connectivity index (χ4v) is 4.96. The second kappa shape index (κ2) is 7.71. The zero-order valence-electron chi connectivity index (χ0n) is 15.2. The van der Waals surface area contributed by atoms with E-state index in [9.17, 15) is 14.7 Å². The van der Waals surface area contributed by atoms with Gasteiger partial charge in [-0.1, -0.05) is 23.2 Å². The van der Waals surface area contributed by atoms with Crippen LogP contribution in [0.3, 0.4) is 0 Å². The first-order chi connectivity index (χ1) is 13.8. The number of amides is 1. The summed E-state index contributed by atoms with van der Waals surface area (Å²) in [4.78, 5) is 27.3. The van der Waals surface area contributed by atoms with E-state index in [1.807, 2.05) is 6.07 Å². The number of ether oxygens (including phenoxy) is 1. The van der Waals surface area contributed by atoms with Gasteiger partial charge in [-0.05, 0) is 48.0 Å². The summed E-state index contributed by atoms with van der Waals surface area (Å²) in [5, 5.41) is 10.2. The van der Waals surface area contributed by atoms with Crippen LogP contribution in [0.25, 0.3) is 10.4 Å². The van der Waals surface area contributed by atoms with Gasteiger partial charge >= 0.3 is 5.97 Å². The molecule has 29 heavy (non-hydrogen) atoms. The summed E-state index contributed by atoms with van der Waals surface area (Å²) >= 11 is 13.5. The number of carboxylic acids is 1. The van der Waals surface area contributed by atoms with E-state index >= 15 is 0 Å². The van der Waals surface area contributed by atoms with Crippen LogP contribution < -0.4 is 9.64 Å². The lowest BCUT2D eigenvalue weighted by atomic mass is 10.0. The number of hydrogen-bond acceptors (Lipinski definition) is 4. The smallest absolute Gasteiger partial charge is 0.335 e. The predicted molar refractivity (Wildman–Crippen MR) is 115 cm³/mol. The van der Waals surface area contributed by atoms with Crippen molar-refractivity contribution in [2.75, 3.05) is 18.6 Å². The normalized spacial score (nSPS) is 12.4. The molecule has 0 aliphatic carbocycles. The molecule has 8 heteroatoms. The van der Waals surface area contributed by atoms with Gasteiger partial charge in [0.15, 0.2) is 0 Å². The van der Waals surface area contributed by atoms with Gasteiger partial charge in [-0.25, -0.2) is 4.79 Å². The molecular weight excluding hydrogens is 433 g/mol. The number of carboxylic acid groups (broad SMARTS) is 1. The van der Waals surface area contributed by atoms with Gasteiger partial charge < -0.3 is 14.7 Å². The molecule has 1 N–H and O–H groups in total. The number of carbonyl (C=O) groups is 2. The fraction of sp³-hybridized carbons (Fsp3) is 0.143. The molecule has 1 amide bonds. The molecule has 0 radical (unpaired) electrons. The second-order valence-corrected chi connectivity index (χ2v) is 8.44. The van der Waals surface area contributed by atoms with E-state index in [4.69, 9.17) is 27.9 Å². The molecular formula is C21H15Cl2NO4S. The van der Waals surface area contributed by atoms with Gasteiger partial charge in [0, 0.05) is 28.9 Å². The number of carbonyl (C=O) groups excluding carboxylic acids is 1.